The third kappa shape index (κ3) is 4.41. The van der Waals surface area contributed by atoms with E-state index >= 15 is 0 Å². The van der Waals surface area contributed by atoms with Gasteiger partial charge in [0.15, 0.2) is 0 Å². The zero-order chi connectivity index (χ0) is 21.2. The van der Waals surface area contributed by atoms with Gasteiger partial charge in [0.2, 0.25) is 5.91 Å². The second kappa shape index (κ2) is 8.88. The molecule has 1 aromatic carbocycles. The first-order valence-corrected chi connectivity index (χ1v) is 11.6. The number of anilines is 1. The molecule has 0 aliphatic carbocycles. The van der Waals surface area contributed by atoms with Crippen LogP contribution in [0.4, 0.5) is 10.2 Å². The Bertz CT molecular complexity index is 1060. The minimum absolute atomic E-state index is 0.0353. The lowest BCUT2D eigenvalue weighted by atomic mass is 9.96. The predicted molar refractivity (Wildman–Crippen MR) is 120 cm³/mol. The van der Waals surface area contributed by atoms with Crippen molar-refractivity contribution < 1.29 is 13.9 Å². The second-order valence-corrected chi connectivity index (χ2v) is 9.22. The predicted octanol–water partition coefficient (Wildman–Crippen LogP) is 4.01. The van der Waals surface area contributed by atoms with Crippen LogP contribution in [0.5, 0.6) is 0 Å². The Morgan fingerprint density at radius 2 is 2.00 bits per heavy atom. The number of piperidine rings is 1. The summed E-state index contributed by atoms with van der Waals surface area (Å²) >= 11 is 1.62. The molecule has 0 saturated carbocycles. The summed E-state index contributed by atoms with van der Waals surface area (Å²) in [6.45, 7) is 2.99. The number of halogens is 1. The Labute approximate surface area is 184 Å². The average Bonchev–Trinajstić information content (AvgIpc) is 3.48. The van der Waals surface area contributed by atoms with E-state index in [1.165, 1.54) is 12.1 Å². The van der Waals surface area contributed by atoms with Gasteiger partial charge < -0.3 is 15.0 Å². The molecule has 1 atom stereocenters. The molecule has 2 saturated heterocycles. The number of carbonyl (C=O) groups excluding carboxylic acids is 1. The fraction of sp³-hybridized carbons (Fsp3) is 0.435. The van der Waals surface area contributed by atoms with Crippen LogP contribution < -0.4 is 10.2 Å². The fourth-order valence-electron chi connectivity index (χ4n) is 4.34. The van der Waals surface area contributed by atoms with Crippen molar-refractivity contribution in [3.05, 3.63) is 42.5 Å². The molecular weight excluding hydrogens is 415 g/mol. The van der Waals surface area contributed by atoms with Crippen molar-refractivity contribution in [3.63, 3.8) is 0 Å². The fourth-order valence-corrected chi connectivity index (χ4v) is 5.47. The van der Waals surface area contributed by atoms with E-state index in [1.54, 1.807) is 29.8 Å². The first kappa shape index (κ1) is 20.3. The van der Waals surface area contributed by atoms with E-state index in [-0.39, 0.29) is 23.7 Å². The zero-order valence-corrected chi connectivity index (χ0v) is 18.0. The summed E-state index contributed by atoms with van der Waals surface area (Å²) in [6.07, 6.45) is 5.49. The number of aromatic nitrogens is 2. The molecule has 4 heterocycles. The highest BCUT2D eigenvalue weighted by Crippen LogP contribution is 2.37. The quantitative estimate of drug-likeness (QED) is 0.649. The molecule has 2 aromatic heterocycles. The molecule has 6 nitrogen and oxygen atoms in total. The maximum atomic E-state index is 13.3. The Morgan fingerprint density at radius 1 is 1.19 bits per heavy atom. The van der Waals surface area contributed by atoms with Crippen LogP contribution in [-0.4, -0.2) is 48.2 Å². The van der Waals surface area contributed by atoms with E-state index in [2.05, 4.69) is 20.2 Å². The Balaban J connectivity index is 1.26. The Hall–Kier alpha value is -2.58. The molecule has 1 unspecified atom stereocenters. The van der Waals surface area contributed by atoms with Crippen LogP contribution in [0.15, 0.2) is 36.7 Å². The lowest BCUT2D eigenvalue weighted by Crippen LogP contribution is -2.42. The van der Waals surface area contributed by atoms with Gasteiger partial charge in [-0.25, -0.2) is 14.4 Å². The first-order valence-electron chi connectivity index (χ1n) is 10.8. The molecule has 8 heteroatoms. The Morgan fingerprint density at radius 3 is 2.74 bits per heavy atom. The summed E-state index contributed by atoms with van der Waals surface area (Å²) in [4.78, 5) is 24.8. The molecule has 1 N–H and O–H groups in total. The number of nitrogens with one attached hydrogen (secondary N) is 1. The van der Waals surface area contributed by atoms with Crippen molar-refractivity contribution in [1.29, 1.82) is 0 Å². The lowest BCUT2D eigenvalue weighted by Gasteiger charge is -2.32. The van der Waals surface area contributed by atoms with Crippen molar-refractivity contribution in [2.45, 2.75) is 31.8 Å². The summed E-state index contributed by atoms with van der Waals surface area (Å²) in [5.74, 6) is 0.848. The van der Waals surface area contributed by atoms with Gasteiger partial charge in [0, 0.05) is 37.0 Å². The van der Waals surface area contributed by atoms with Gasteiger partial charge in [0.25, 0.3) is 0 Å². The standard InChI is InChI=1S/C23H25FN4O2S/c24-17-5-3-15(4-6-17)20-12-19-21(31-20)22(27-14-26-19)28-9-7-16(8-10-28)23(29)25-13-18-2-1-11-30-18/h3-6,12,14,16,18H,1-2,7-11,13H2,(H,25,29). The molecule has 5 rings (SSSR count). The number of ether oxygens (including phenoxy) is 1. The summed E-state index contributed by atoms with van der Waals surface area (Å²) in [6, 6.07) is 8.55. The summed E-state index contributed by atoms with van der Waals surface area (Å²) < 4.78 is 19.9. The summed E-state index contributed by atoms with van der Waals surface area (Å²) in [7, 11) is 0. The van der Waals surface area contributed by atoms with Gasteiger partial charge in [-0.15, -0.1) is 11.3 Å². The first-order chi connectivity index (χ1) is 15.2. The van der Waals surface area contributed by atoms with Gasteiger partial charge in [0.1, 0.15) is 18.0 Å². The van der Waals surface area contributed by atoms with Crippen molar-refractivity contribution in [3.8, 4) is 10.4 Å². The number of hydrogen-bond donors (Lipinski definition) is 1. The summed E-state index contributed by atoms with van der Waals surface area (Å²) in [5, 5.41) is 3.07. The third-order valence-corrected chi connectivity index (χ3v) is 7.28. The monoisotopic (exact) mass is 440 g/mol. The molecule has 2 fully saturated rings. The second-order valence-electron chi connectivity index (χ2n) is 8.17. The van der Waals surface area contributed by atoms with Crippen LogP contribution in [0.1, 0.15) is 25.7 Å². The largest absolute Gasteiger partial charge is 0.376 e. The van der Waals surface area contributed by atoms with Crippen molar-refractivity contribution in [2.24, 2.45) is 5.92 Å². The van der Waals surface area contributed by atoms with E-state index in [0.717, 1.165) is 71.9 Å². The van der Waals surface area contributed by atoms with Crippen LogP contribution in [0.3, 0.4) is 0 Å². The van der Waals surface area contributed by atoms with E-state index < -0.39 is 0 Å². The SMILES string of the molecule is O=C(NCC1CCCO1)C1CCN(c2ncnc3cc(-c4ccc(F)cc4)sc23)CC1. The minimum Gasteiger partial charge on any atom is -0.376 e. The molecule has 2 aliphatic heterocycles. The van der Waals surface area contributed by atoms with E-state index in [0.29, 0.717) is 6.54 Å². The number of rotatable bonds is 5. The normalized spacial score (nSPS) is 19.8. The van der Waals surface area contributed by atoms with Crippen molar-refractivity contribution in [2.75, 3.05) is 31.1 Å². The van der Waals surface area contributed by atoms with Crippen LogP contribution in [-0.2, 0) is 9.53 Å². The van der Waals surface area contributed by atoms with Gasteiger partial charge in [-0.3, -0.25) is 4.79 Å². The van der Waals surface area contributed by atoms with Gasteiger partial charge in [-0.2, -0.15) is 0 Å². The van der Waals surface area contributed by atoms with Crippen molar-refractivity contribution >= 4 is 33.3 Å². The van der Waals surface area contributed by atoms with E-state index in [1.807, 2.05) is 6.07 Å². The molecule has 2 aliphatic rings. The highest BCUT2D eigenvalue weighted by Gasteiger charge is 2.27. The summed E-state index contributed by atoms with van der Waals surface area (Å²) in [5.41, 5.74) is 1.86. The number of amides is 1. The van der Waals surface area contributed by atoms with Gasteiger partial charge >= 0.3 is 0 Å². The molecule has 31 heavy (non-hydrogen) atoms. The van der Waals surface area contributed by atoms with Crippen LogP contribution >= 0.6 is 11.3 Å². The van der Waals surface area contributed by atoms with Gasteiger partial charge in [0.05, 0.1) is 16.3 Å². The van der Waals surface area contributed by atoms with E-state index in [9.17, 15) is 9.18 Å². The number of thiophene rings is 1. The van der Waals surface area contributed by atoms with Crippen LogP contribution in [0.25, 0.3) is 20.7 Å². The number of carbonyl (C=O) groups is 1. The molecule has 162 valence electrons. The molecule has 0 spiro atoms. The van der Waals surface area contributed by atoms with E-state index in [4.69, 9.17) is 4.74 Å². The Kier molecular flexibility index (Phi) is 5.82. The molecule has 0 bridgehead atoms. The van der Waals surface area contributed by atoms with Gasteiger partial charge in [-0.1, -0.05) is 12.1 Å². The maximum absolute atomic E-state index is 13.3. The number of hydrogen-bond acceptors (Lipinski definition) is 6. The minimum atomic E-state index is -0.243. The maximum Gasteiger partial charge on any atom is 0.223 e. The number of nitrogens with zero attached hydrogens (tertiary/aromatic N) is 3. The number of fused-ring (bicyclic) bond motifs is 1. The van der Waals surface area contributed by atoms with Crippen LogP contribution in [0, 0.1) is 11.7 Å². The zero-order valence-electron chi connectivity index (χ0n) is 17.2. The average molecular weight is 441 g/mol. The highest BCUT2D eigenvalue weighted by molar-refractivity contribution is 7.22. The topological polar surface area (TPSA) is 67.3 Å². The lowest BCUT2D eigenvalue weighted by molar-refractivity contribution is -0.126. The number of benzene rings is 1. The van der Waals surface area contributed by atoms with Gasteiger partial charge in [-0.05, 0) is 49.4 Å². The smallest absolute Gasteiger partial charge is 0.223 e. The third-order valence-electron chi connectivity index (χ3n) is 6.11. The van der Waals surface area contributed by atoms with Crippen molar-refractivity contribution in [1.82, 2.24) is 15.3 Å². The molecular formula is C23H25FN4O2S. The molecule has 3 aromatic rings. The highest BCUT2D eigenvalue weighted by atomic mass is 32.1. The molecule has 1 amide bonds. The van der Waals surface area contributed by atoms with Crippen LogP contribution in [0.2, 0.25) is 0 Å². The molecule has 0 radical (unpaired) electrons.